The third-order valence-corrected chi connectivity index (χ3v) is 5.07. The Kier molecular flexibility index (Phi) is 5.75. The molecule has 2 aromatic carbocycles. The van der Waals surface area contributed by atoms with E-state index in [0.717, 1.165) is 41.7 Å². The lowest BCUT2D eigenvalue weighted by Gasteiger charge is -2.19. The first-order chi connectivity index (χ1) is 12.6. The number of rotatable bonds is 6. The molecule has 0 N–H and O–H groups in total. The Balaban J connectivity index is 1.64. The molecule has 3 heteroatoms. The standard InChI is InChI=1S/C23H25NO2/c1-16(25-3)12-18-4-6-19(7-5-18)15-26-22-10-11-23-17(2)21(14-24)9-8-20(23)13-22/h4-7,10-11,13,16H,8-9,12,15H2,1-3H3. The minimum atomic E-state index is 0.228. The van der Waals surface area contributed by atoms with E-state index in [2.05, 4.69) is 49.4 Å². The minimum absolute atomic E-state index is 0.228. The zero-order valence-electron chi connectivity index (χ0n) is 15.7. The Morgan fingerprint density at radius 3 is 2.50 bits per heavy atom. The van der Waals surface area contributed by atoms with Crippen LogP contribution >= 0.6 is 0 Å². The lowest BCUT2D eigenvalue weighted by molar-refractivity contribution is 0.119. The van der Waals surface area contributed by atoms with Gasteiger partial charge in [-0.25, -0.2) is 0 Å². The molecule has 0 saturated heterocycles. The molecule has 134 valence electrons. The third kappa shape index (κ3) is 4.15. The summed E-state index contributed by atoms with van der Waals surface area (Å²) in [5.74, 6) is 0.883. The van der Waals surface area contributed by atoms with Crippen LogP contribution in [0.2, 0.25) is 0 Å². The molecule has 0 aliphatic heterocycles. The molecule has 0 amide bonds. The molecule has 3 nitrogen and oxygen atoms in total. The zero-order valence-corrected chi connectivity index (χ0v) is 15.7. The van der Waals surface area contributed by atoms with Crippen LogP contribution in [0, 0.1) is 11.3 Å². The number of fused-ring (bicyclic) bond motifs is 1. The van der Waals surface area contributed by atoms with Crippen molar-refractivity contribution in [1.82, 2.24) is 0 Å². The fourth-order valence-electron chi connectivity index (χ4n) is 3.34. The van der Waals surface area contributed by atoms with Crippen LogP contribution in [0.3, 0.4) is 0 Å². The van der Waals surface area contributed by atoms with Gasteiger partial charge in [-0.15, -0.1) is 0 Å². The van der Waals surface area contributed by atoms with Crippen molar-refractivity contribution < 1.29 is 9.47 Å². The number of methoxy groups -OCH3 is 1. The van der Waals surface area contributed by atoms with E-state index in [1.165, 1.54) is 16.7 Å². The van der Waals surface area contributed by atoms with Gasteiger partial charge < -0.3 is 9.47 Å². The lowest BCUT2D eigenvalue weighted by Crippen LogP contribution is -2.08. The monoisotopic (exact) mass is 347 g/mol. The van der Waals surface area contributed by atoms with Crippen molar-refractivity contribution in [1.29, 1.82) is 5.26 Å². The maximum absolute atomic E-state index is 9.19. The van der Waals surface area contributed by atoms with Gasteiger partial charge in [-0.05, 0) is 73.1 Å². The predicted octanol–water partition coefficient (Wildman–Crippen LogP) is 5.09. The smallest absolute Gasteiger partial charge is 0.120 e. The van der Waals surface area contributed by atoms with Crippen molar-refractivity contribution in [3.63, 3.8) is 0 Å². The summed E-state index contributed by atoms with van der Waals surface area (Å²) >= 11 is 0. The van der Waals surface area contributed by atoms with Gasteiger partial charge in [0.1, 0.15) is 12.4 Å². The number of benzene rings is 2. The molecule has 1 aliphatic carbocycles. The molecule has 0 saturated carbocycles. The summed E-state index contributed by atoms with van der Waals surface area (Å²) in [6.07, 6.45) is 2.87. The van der Waals surface area contributed by atoms with Crippen molar-refractivity contribution in [2.45, 2.75) is 45.8 Å². The van der Waals surface area contributed by atoms with Crippen molar-refractivity contribution in [3.05, 3.63) is 70.3 Å². The van der Waals surface area contributed by atoms with Crippen LogP contribution in [0.1, 0.15) is 42.5 Å². The van der Waals surface area contributed by atoms with Crippen molar-refractivity contribution in [2.75, 3.05) is 7.11 Å². The van der Waals surface area contributed by atoms with Gasteiger partial charge in [-0.1, -0.05) is 30.3 Å². The largest absolute Gasteiger partial charge is 0.489 e. The van der Waals surface area contributed by atoms with Crippen LogP contribution < -0.4 is 4.74 Å². The van der Waals surface area contributed by atoms with Gasteiger partial charge in [0.05, 0.1) is 12.2 Å². The van der Waals surface area contributed by atoms with Crippen LogP contribution in [0.15, 0.2) is 48.0 Å². The molecule has 0 radical (unpaired) electrons. The topological polar surface area (TPSA) is 42.2 Å². The van der Waals surface area contributed by atoms with E-state index in [1.807, 2.05) is 13.0 Å². The molecular weight excluding hydrogens is 322 g/mol. The van der Waals surface area contributed by atoms with Crippen molar-refractivity contribution in [3.8, 4) is 11.8 Å². The summed E-state index contributed by atoms with van der Waals surface area (Å²) in [7, 11) is 1.74. The average Bonchev–Trinajstić information content (AvgIpc) is 2.67. The number of hydrogen-bond donors (Lipinski definition) is 0. The molecule has 1 atom stereocenters. The van der Waals surface area contributed by atoms with Crippen LogP contribution in [0.25, 0.3) is 5.57 Å². The quantitative estimate of drug-likeness (QED) is 0.731. The normalized spacial score (nSPS) is 14.5. The Bertz CT molecular complexity index is 844. The van der Waals surface area contributed by atoms with E-state index >= 15 is 0 Å². The predicted molar refractivity (Wildman–Crippen MR) is 104 cm³/mol. The van der Waals surface area contributed by atoms with Crippen molar-refractivity contribution >= 4 is 5.57 Å². The van der Waals surface area contributed by atoms with E-state index in [-0.39, 0.29) is 6.10 Å². The van der Waals surface area contributed by atoms with Crippen LogP contribution in [0.5, 0.6) is 5.75 Å². The first-order valence-electron chi connectivity index (χ1n) is 9.07. The second-order valence-electron chi connectivity index (χ2n) is 6.89. The summed E-state index contributed by atoms with van der Waals surface area (Å²) in [4.78, 5) is 0. The van der Waals surface area contributed by atoms with Gasteiger partial charge in [0.2, 0.25) is 0 Å². The SMILES string of the molecule is COC(C)Cc1ccc(COc2ccc3c(c2)CCC(C#N)=C3C)cc1. The lowest BCUT2D eigenvalue weighted by atomic mass is 9.87. The Labute approximate surface area is 155 Å². The molecule has 3 rings (SSSR count). The van der Waals surface area contributed by atoms with Gasteiger partial charge >= 0.3 is 0 Å². The molecule has 2 aromatic rings. The first kappa shape index (κ1) is 18.2. The zero-order chi connectivity index (χ0) is 18.5. The summed E-state index contributed by atoms with van der Waals surface area (Å²) in [6.45, 7) is 4.66. The highest BCUT2D eigenvalue weighted by Crippen LogP contribution is 2.33. The van der Waals surface area contributed by atoms with Gasteiger partial charge in [-0.3, -0.25) is 0 Å². The van der Waals surface area contributed by atoms with E-state index in [9.17, 15) is 5.26 Å². The van der Waals surface area contributed by atoms with E-state index in [4.69, 9.17) is 9.47 Å². The second-order valence-corrected chi connectivity index (χ2v) is 6.89. The number of aryl methyl sites for hydroxylation is 1. The van der Waals surface area contributed by atoms with Gasteiger partial charge in [0.25, 0.3) is 0 Å². The van der Waals surface area contributed by atoms with Crippen LogP contribution in [0.4, 0.5) is 0 Å². The highest BCUT2D eigenvalue weighted by Gasteiger charge is 2.16. The molecule has 1 aliphatic rings. The molecule has 26 heavy (non-hydrogen) atoms. The molecule has 0 heterocycles. The Morgan fingerprint density at radius 1 is 1.08 bits per heavy atom. The van der Waals surface area contributed by atoms with Gasteiger partial charge in [0.15, 0.2) is 0 Å². The minimum Gasteiger partial charge on any atom is -0.489 e. The number of allylic oxidation sites excluding steroid dienone is 2. The first-order valence-corrected chi connectivity index (χ1v) is 9.07. The summed E-state index contributed by atoms with van der Waals surface area (Å²) in [5.41, 5.74) is 6.86. The number of nitriles is 1. The second kappa shape index (κ2) is 8.21. The van der Waals surface area contributed by atoms with Gasteiger partial charge in [-0.2, -0.15) is 5.26 Å². The van der Waals surface area contributed by atoms with E-state index in [1.54, 1.807) is 7.11 Å². The summed E-state index contributed by atoms with van der Waals surface area (Å²) in [6, 6.07) is 17.0. The summed E-state index contributed by atoms with van der Waals surface area (Å²) in [5, 5.41) is 9.19. The fraction of sp³-hybridized carbons (Fsp3) is 0.348. The molecule has 1 unspecified atom stereocenters. The average molecular weight is 347 g/mol. The number of ether oxygens (including phenoxy) is 2. The van der Waals surface area contributed by atoms with Crippen molar-refractivity contribution in [2.24, 2.45) is 0 Å². The van der Waals surface area contributed by atoms with Crippen LogP contribution in [-0.4, -0.2) is 13.2 Å². The van der Waals surface area contributed by atoms with Gasteiger partial charge in [0, 0.05) is 12.7 Å². The highest BCUT2D eigenvalue weighted by molar-refractivity contribution is 5.74. The molecule has 0 aromatic heterocycles. The molecule has 0 bridgehead atoms. The molecule has 0 spiro atoms. The van der Waals surface area contributed by atoms with Crippen LogP contribution in [-0.2, 0) is 24.2 Å². The van der Waals surface area contributed by atoms with E-state index < -0.39 is 0 Å². The summed E-state index contributed by atoms with van der Waals surface area (Å²) < 4.78 is 11.3. The van der Waals surface area contributed by atoms with E-state index in [0.29, 0.717) is 6.61 Å². The molecular formula is C23H25NO2. The Morgan fingerprint density at radius 2 is 1.81 bits per heavy atom. The maximum atomic E-state index is 9.19. The fourth-order valence-corrected chi connectivity index (χ4v) is 3.34. The number of hydrogen-bond acceptors (Lipinski definition) is 3. The highest BCUT2D eigenvalue weighted by atomic mass is 16.5. The third-order valence-electron chi connectivity index (χ3n) is 5.07. The Hall–Kier alpha value is -2.57. The molecule has 0 fully saturated rings. The maximum Gasteiger partial charge on any atom is 0.120 e. The number of nitrogens with zero attached hydrogens (tertiary/aromatic N) is 1.